The number of nitrogens with one attached hydrogen (secondary N) is 2. The summed E-state index contributed by atoms with van der Waals surface area (Å²) in [4.78, 5) is 22.3. The molecule has 2 aromatic rings. The van der Waals surface area contributed by atoms with Gasteiger partial charge in [-0.15, -0.1) is 0 Å². The Bertz CT molecular complexity index is 903. The van der Waals surface area contributed by atoms with Crippen molar-refractivity contribution < 1.29 is 23.9 Å². The van der Waals surface area contributed by atoms with Gasteiger partial charge in [0.25, 0.3) is 0 Å². The first kappa shape index (κ1) is 20.9. The van der Waals surface area contributed by atoms with Crippen LogP contribution in [-0.4, -0.2) is 37.3 Å². The monoisotopic (exact) mass is 405 g/mol. The molecule has 0 aromatic heterocycles. The molecular weight excluding hydrogens is 386 g/mol. The predicted octanol–water partition coefficient (Wildman–Crippen LogP) is 3.03. The van der Waals surface area contributed by atoms with E-state index in [9.17, 15) is 14.9 Å². The molecule has 0 radical (unpaired) electrons. The summed E-state index contributed by atoms with van der Waals surface area (Å²) < 4.78 is 15.6. The number of nitrogens with zero attached hydrogens (tertiary/aromatic N) is 1. The third-order valence-electron chi connectivity index (χ3n) is 3.66. The largest absolute Gasteiger partial charge is 0.493 e. The van der Waals surface area contributed by atoms with Gasteiger partial charge in [-0.3, -0.25) is 14.9 Å². The minimum Gasteiger partial charge on any atom is -0.493 e. The van der Waals surface area contributed by atoms with E-state index >= 15 is 0 Å². The van der Waals surface area contributed by atoms with Crippen LogP contribution in [0.1, 0.15) is 5.56 Å². The van der Waals surface area contributed by atoms with E-state index in [0.29, 0.717) is 22.1 Å². The Morgan fingerprint density at radius 2 is 1.86 bits per heavy atom. The topological polar surface area (TPSA) is 112 Å². The van der Waals surface area contributed by atoms with Crippen LogP contribution in [0.15, 0.2) is 36.4 Å². The number of ether oxygens (including phenoxy) is 3. The van der Waals surface area contributed by atoms with Gasteiger partial charge < -0.3 is 24.8 Å². The summed E-state index contributed by atoms with van der Waals surface area (Å²) in [5.74, 6) is 0.235. The summed E-state index contributed by atoms with van der Waals surface area (Å²) in [6, 6.07) is 9.21. The average Bonchev–Trinajstić information content (AvgIpc) is 2.69. The number of thiocarbonyl (C=S) groups is 1. The number of hydrogen-bond acceptors (Lipinski definition) is 7. The minimum absolute atomic E-state index is 0.0324. The molecule has 2 N–H and O–H groups in total. The zero-order valence-corrected chi connectivity index (χ0v) is 16.3. The molecule has 0 fully saturated rings. The summed E-state index contributed by atoms with van der Waals surface area (Å²) >= 11 is 4.99. The number of carbonyl (C=O) groups excluding carboxylic acids is 1. The SMILES string of the molecule is CNC(=S)Nc1ccc(Oc2ccc(CC(=O)OC)cc2OC)c([N+](=O)[O-])c1. The fraction of sp³-hybridized carbons (Fsp3) is 0.222. The third kappa shape index (κ3) is 5.30. The lowest BCUT2D eigenvalue weighted by molar-refractivity contribution is -0.385. The van der Waals surface area contributed by atoms with Crippen molar-refractivity contribution in [1.29, 1.82) is 0 Å². The molecule has 0 atom stereocenters. The molecule has 10 heteroatoms. The maximum atomic E-state index is 11.4. The van der Waals surface area contributed by atoms with Crippen LogP contribution in [0.2, 0.25) is 0 Å². The summed E-state index contributed by atoms with van der Waals surface area (Å²) in [6.45, 7) is 0. The van der Waals surface area contributed by atoms with Crippen molar-refractivity contribution >= 4 is 34.7 Å². The van der Waals surface area contributed by atoms with Crippen molar-refractivity contribution in [2.75, 3.05) is 26.6 Å². The summed E-state index contributed by atoms with van der Waals surface area (Å²) in [6.07, 6.45) is 0.0685. The fourth-order valence-electron chi connectivity index (χ4n) is 2.28. The van der Waals surface area contributed by atoms with Gasteiger partial charge in [-0.05, 0) is 42.0 Å². The fourth-order valence-corrected chi connectivity index (χ4v) is 2.40. The summed E-state index contributed by atoms with van der Waals surface area (Å²) in [7, 11) is 4.37. The minimum atomic E-state index is -0.555. The number of nitro groups is 1. The van der Waals surface area contributed by atoms with Crippen LogP contribution < -0.4 is 20.1 Å². The zero-order chi connectivity index (χ0) is 20.7. The Hall–Kier alpha value is -3.40. The molecule has 0 amide bonds. The number of carbonyl (C=O) groups is 1. The third-order valence-corrected chi connectivity index (χ3v) is 3.97. The maximum absolute atomic E-state index is 11.4. The Morgan fingerprint density at radius 3 is 2.46 bits per heavy atom. The molecule has 28 heavy (non-hydrogen) atoms. The molecule has 0 saturated heterocycles. The van der Waals surface area contributed by atoms with Crippen molar-refractivity contribution in [3.8, 4) is 17.2 Å². The smallest absolute Gasteiger partial charge is 0.313 e. The standard InChI is InChI=1S/C18H19N3O6S/c1-19-18(28)20-12-5-7-14(13(10-12)21(23)24)27-15-6-4-11(8-16(15)25-2)9-17(22)26-3/h4-8,10H,9H2,1-3H3,(H2,19,20,28). The molecule has 2 rings (SSSR count). The quantitative estimate of drug-likeness (QED) is 0.311. The van der Waals surface area contributed by atoms with E-state index in [1.54, 1.807) is 31.3 Å². The molecule has 0 unspecified atom stereocenters. The lowest BCUT2D eigenvalue weighted by Crippen LogP contribution is -2.24. The van der Waals surface area contributed by atoms with Crippen molar-refractivity contribution in [2.45, 2.75) is 6.42 Å². The van der Waals surface area contributed by atoms with Gasteiger partial charge in [0.2, 0.25) is 5.75 Å². The van der Waals surface area contributed by atoms with Gasteiger partial charge in [0.05, 0.1) is 25.6 Å². The summed E-state index contributed by atoms with van der Waals surface area (Å²) in [5.41, 5.74) is 0.856. The second-order valence-corrected chi connectivity index (χ2v) is 5.89. The van der Waals surface area contributed by atoms with Gasteiger partial charge >= 0.3 is 11.7 Å². The molecule has 0 aliphatic carbocycles. The highest BCUT2D eigenvalue weighted by atomic mass is 32.1. The highest BCUT2D eigenvalue weighted by molar-refractivity contribution is 7.80. The van der Waals surface area contributed by atoms with Crippen LogP contribution in [0.3, 0.4) is 0 Å². The molecule has 0 spiro atoms. The van der Waals surface area contributed by atoms with Crippen molar-refractivity contribution in [1.82, 2.24) is 5.32 Å². The molecular formula is C18H19N3O6S. The average molecular weight is 405 g/mol. The summed E-state index contributed by atoms with van der Waals surface area (Å²) in [5, 5.41) is 17.3. The lowest BCUT2D eigenvalue weighted by atomic mass is 10.1. The highest BCUT2D eigenvalue weighted by Crippen LogP contribution is 2.38. The van der Waals surface area contributed by atoms with Gasteiger partial charge in [0.1, 0.15) is 0 Å². The number of esters is 1. The van der Waals surface area contributed by atoms with Crippen LogP contribution in [0, 0.1) is 10.1 Å². The first-order chi connectivity index (χ1) is 13.4. The van der Waals surface area contributed by atoms with Crippen molar-refractivity contribution in [2.24, 2.45) is 0 Å². The number of benzene rings is 2. The Balaban J connectivity index is 2.32. The molecule has 0 aliphatic heterocycles. The Labute approximate surface area is 166 Å². The molecule has 9 nitrogen and oxygen atoms in total. The van der Waals surface area contributed by atoms with Crippen LogP contribution >= 0.6 is 12.2 Å². The highest BCUT2D eigenvalue weighted by Gasteiger charge is 2.19. The number of anilines is 1. The first-order valence-corrected chi connectivity index (χ1v) is 8.47. The van der Waals surface area contributed by atoms with Gasteiger partial charge in [0, 0.05) is 18.8 Å². The van der Waals surface area contributed by atoms with E-state index in [-0.39, 0.29) is 23.6 Å². The first-order valence-electron chi connectivity index (χ1n) is 8.06. The van der Waals surface area contributed by atoms with Gasteiger partial charge in [-0.1, -0.05) is 6.07 Å². The van der Waals surface area contributed by atoms with Crippen molar-refractivity contribution in [3.05, 3.63) is 52.1 Å². The van der Waals surface area contributed by atoms with E-state index in [0.717, 1.165) is 0 Å². The molecule has 148 valence electrons. The van der Waals surface area contributed by atoms with E-state index in [1.165, 1.54) is 26.4 Å². The van der Waals surface area contributed by atoms with Gasteiger partial charge in [0.15, 0.2) is 16.6 Å². The Kier molecular flexibility index (Phi) is 7.10. The second-order valence-electron chi connectivity index (χ2n) is 5.48. The van der Waals surface area contributed by atoms with Crippen molar-refractivity contribution in [3.63, 3.8) is 0 Å². The number of hydrogen-bond donors (Lipinski definition) is 2. The van der Waals surface area contributed by atoms with Crippen LogP contribution in [0.25, 0.3) is 0 Å². The molecule has 2 aromatic carbocycles. The number of rotatable bonds is 7. The van der Waals surface area contributed by atoms with Crippen LogP contribution in [0.4, 0.5) is 11.4 Å². The second kappa shape index (κ2) is 9.51. The van der Waals surface area contributed by atoms with Crippen LogP contribution in [-0.2, 0) is 16.0 Å². The molecule has 0 saturated carbocycles. The molecule has 0 aliphatic rings. The zero-order valence-electron chi connectivity index (χ0n) is 15.5. The van der Waals surface area contributed by atoms with Gasteiger partial charge in [-0.25, -0.2) is 0 Å². The van der Waals surface area contributed by atoms with Crippen LogP contribution in [0.5, 0.6) is 17.2 Å². The Morgan fingerprint density at radius 1 is 1.14 bits per heavy atom. The lowest BCUT2D eigenvalue weighted by Gasteiger charge is -2.13. The normalized spacial score (nSPS) is 9.96. The van der Waals surface area contributed by atoms with E-state index in [1.807, 2.05) is 0 Å². The molecule has 0 heterocycles. The molecule has 0 bridgehead atoms. The number of nitro benzene ring substituents is 1. The predicted molar refractivity (Wildman–Crippen MR) is 107 cm³/mol. The van der Waals surface area contributed by atoms with E-state index < -0.39 is 10.9 Å². The van der Waals surface area contributed by atoms with E-state index in [2.05, 4.69) is 15.4 Å². The number of methoxy groups -OCH3 is 2. The maximum Gasteiger partial charge on any atom is 0.313 e. The van der Waals surface area contributed by atoms with Gasteiger partial charge in [-0.2, -0.15) is 0 Å². The van der Waals surface area contributed by atoms with E-state index in [4.69, 9.17) is 21.7 Å².